The highest BCUT2D eigenvalue weighted by Crippen LogP contribution is 2.16. The summed E-state index contributed by atoms with van der Waals surface area (Å²) in [7, 11) is 5.12. The smallest absolute Gasteiger partial charge is 0.360 e. The van der Waals surface area contributed by atoms with Gasteiger partial charge in [0.2, 0.25) is 0 Å². The average molecular weight is 356 g/mol. The maximum Gasteiger partial charge on any atom is 0.360 e. The Morgan fingerprint density at radius 3 is 2.38 bits per heavy atom. The van der Waals surface area contributed by atoms with Gasteiger partial charge >= 0.3 is 5.63 Å². The molecule has 0 fully saturated rings. The van der Waals surface area contributed by atoms with Crippen LogP contribution in [0.5, 0.6) is 5.75 Å². The molecule has 0 bridgehead atoms. The van der Waals surface area contributed by atoms with E-state index >= 15 is 0 Å². The number of amides is 1. The minimum absolute atomic E-state index is 0.0991. The number of anilines is 1. The summed E-state index contributed by atoms with van der Waals surface area (Å²) < 4.78 is 10.2. The van der Waals surface area contributed by atoms with E-state index in [4.69, 9.17) is 9.15 Å². The van der Waals surface area contributed by atoms with Crippen molar-refractivity contribution in [2.45, 2.75) is 6.92 Å². The Bertz CT molecular complexity index is 895. The number of methoxy groups -OCH3 is 1. The standard InChI is InChI=1S/C19H20N2O5/c1-12(22)15-11-16(19(24)26-17(15)9-10-21(2)3)20-18(23)13-5-7-14(25-4)8-6-13/h5-11H,1-4H3,(H,20,23). The van der Waals surface area contributed by atoms with Gasteiger partial charge in [-0.1, -0.05) is 0 Å². The molecule has 0 aliphatic carbocycles. The van der Waals surface area contributed by atoms with Crippen LogP contribution in [0.2, 0.25) is 0 Å². The van der Waals surface area contributed by atoms with Crippen molar-refractivity contribution in [3.63, 3.8) is 0 Å². The van der Waals surface area contributed by atoms with Gasteiger partial charge in [-0.3, -0.25) is 9.59 Å². The molecule has 2 rings (SSSR count). The SMILES string of the molecule is COc1ccc(C(=O)Nc2cc(C(C)=O)c(C=CN(C)C)oc2=O)cc1. The second-order valence-corrected chi connectivity index (χ2v) is 5.74. The van der Waals surface area contributed by atoms with Gasteiger partial charge in [-0.05, 0) is 43.3 Å². The largest absolute Gasteiger partial charge is 0.497 e. The molecular weight excluding hydrogens is 336 g/mol. The Hall–Kier alpha value is -3.35. The zero-order valence-corrected chi connectivity index (χ0v) is 15.0. The molecule has 7 heteroatoms. The molecule has 0 saturated heterocycles. The van der Waals surface area contributed by atoms with Crippen LogP contribution in [0.25, 0.3) is 6.08 Å². The van der Waals surface area contributed by atoms with Crippen molar-refractivity contribution in [3.8, 4) is 5.75 Å². The first kappa shape index (κ1) is 19.0. The number of hydrogen-bond donors (Lipinski definition) is 1. The number of carbonyl (C=O) groups excluding carboxylic acids is 2. The first-order valence-corrected chi connectivity index (χ1v) is 7.81. The zero-order valence-electron chi connectivity index (χ0n) is 15.0. The van der Waals surface area contributed by atoms with Crippen LogP contribution >= 0.6 is 0 Å². The zero-order chi connectivity index (χ0) is 19.3. The molecule has 0 aliphatic rings. The normalized spacial score (nSPS) is 10.6. The molecule has 0 spiro atoms. The molecule has 0 aliphatic heterocycles. The van der Waals surface area contributed by atoms with Crippen LogP contribution in [0.4, 0.5) is 5.69 Å². The number of nitrogens with zero attached hydrogens (tertiary/aromatic N) is 1. The number of ketones is 1. The highest BCUT2D eigenvalue weighted by Gasteiger charge is 2.15. The second kappa shape index (κ2) is 8.15. The molecule has 1 amide bonds. The topological polar surface area (TPSA) is 88.8 Å². The molecule has 1 N–H and O–H groups in total. The molecule has 2 aromatic rings. The number of hydrogen-bond acceptors (Lipinski definition) is 6. The molecule has 1 heterocycles. The number of ether oxygens (including phenoxy) is 1. The molecule has 1 aromatic carbocycles. The van der Waals surface area contributed by atoms with Gasteiger partial charge in [0, 0.05) is 25.9 Å². The Balaban J connectivity index is 2.34. The van der Waals surface area contributed by atoms with E-state index in [1.807, 2.05) is 0 Å². The average Bonchev–Trinajstić information content (AvgIpc) is 2.61. The van der Waals surface area contributed by atoms with Gasteiger partial charge in [0.25, 0.3) is 5.91 Å². The van der Waals surface area contributed by atoms with Crippen LogP contribution in [0.15, 0.2) is 45.7 Å². The van der Waals surface area contributed by atoms with Crippen molar-refractivity contribution in [2.24, 2.45) is 0 Å². The highest BCUT2D eigenvalue weighted by molar-refractivity contribution is 6.05. The molecular formula is C19H20N2O5. The van der Waals surface area contributed by atoms with Gasteiger partial charge in [0.1, 0.15) is 17.2 Å². The van der Waals surface area contributed by atoms with Crippen LogP contribution in [0.3, 0.4) is 0 Å². The van der Waals surface area contributed by atoms with Gasteiger partial charge in [0.15, 0.2) is 5.78 Å². The molecule has 7 nitrogen and oxygen atoms in total. The van der Waals surface area contributed by atoms with Crippen molar-refractivity contribution in [2.75, 3.05) is 26.5 Å². The van der Waals surface area contributed by atoms with Crippen LogP contribution in [-0.2, 0) is 0 Å². The molecule has 1 aromatic heterocycles. The fraction of sp³-hybridized carbons (Fsp3) is 0.211. The third-order valence-electron chi connectivity index (χ3n) is 3.48. The van der Waals surface area contributed by atoms with Gasteiger partial charge < -0.3 is 19.4 Å². The van der Waals surface area contributed by atoms with E-state index < -0.39 is 11.5 Å². The summed E-state index contributed by atoms with van der Waals surface area (Å²) in [5.74, 6) is -0.0336. The summed E-state index contributed by atoms with van der Waals surface area (Å²) in [5.41, 5.74) is -0.299. The van der Waals surface area contributed by atoms with Crippen molar-refractivity contribution >= 4 is 23.5 Å². The van der Waals surface area contributed by atoms with E-state index in [9.17, 15) is 14.4 Å². The van der Waals surface area contributed by atoms with Gasteiger partial charge in [0.05, 0.1) is 12.7 Å². The Labute approximate surface area is 150 Å². The quantitative estimate of drug-likeness (QED) is 0.801. The third-order valence-corrected chi connectivity index (χ3v) is 3.48. The summed E-state index contributed by atoms with van der Waals surface area (Å²) in [4.78, 5) is 38.1. The molecule has 26 heavy (non-hydrogen) atoms. The number of carbonyl (C=O) groups is 2. The summed E-state index contributed by atoms with van der Waals surface area (Å²) in [5, 5.41) is 2.48. The van der Waals surface area contributed by atoms with Gasteiger partial charge in [-0.25, -0.2) is 4.79 Å². The highest BCUT2D eigenvalue weighted by atomic mass is 16.5. The maximum absolute atomic E-state index is 12.3. The predicted octanol–water partition coefficient (Wildman–Crippen LogP) is 2.64. The summed E-state index contributed by atoms with van der Waals surface area (Å²) in [6.07, 6.45) is 3.17. The lowest BCUT2D eigenvalue weighted by molar-refractivity contribution is 0.100. The Morgan fingerprint density at radius 1 is 1.19 bits per heavy atom. The van der Waals surface area contributed by atoms with Crippen LogP contribution in [-0.4, -0.2) is 37.8 Å². The lowest BCUT2D eigenvalue weighted by atomic mass is 10.1. The number of Topliss-reactive ketones (excluding diaryl/α,β-unsaturated/α-hetero) is 1. The lowest BCUT2D eigenvalue weighted by Crippen LogP contribution is -2.19. The molecule has 0 atom stereocenters. The fourth-order valence-electron chi connectivity index (χ4n) is 2.12. The monoisotopic (exact) mass is 356 g/mol. The molecule has 136 valence electrons. The van der Waals surface area contributed by atoms with Gasteiger partial charge in [-0.2, -0.15) is 0 Å². The number of rotatable bonds is 6. The maximum atomic E-state index is 12.3. The Kier molecular flexibility index (Phi) is 5.95. The van der Waals surface area contributed by atoms with Crippen molar-refractivity contribution < 1.29 is 18.7 Å². The molecule has 0 saturated carbocycles. The molecule has 0 unspecified atom stereocenters. The fourth-order valence-corrected chi connectivity index (χ4v) is 2.12. The first-order valence-electron chi connectivity index (χ1n) is 7.81. The summed E-state index contributed by atoms with van der Waals surface area (Å²) in [6.45, 7) is 1.36. The lowest BCUT2D eigenvalue weighted by Gasteiger charge is -2.08. The second-order valence-electron chi connectivity index (χ2n) is 5.74. The third kappa shape index (κ3) is 4.60. The summed E-state index contributed by atoms with van der Waals surface area (Å²) >= 11 is 0. The van der Waals surface area contributed by atoms with Gasteiger partial charge in [-0.15, -0.1) is 0 Å². The van der Waals surface area contributed by atoms with Crippen LogP contribution in [0.1, 0.15) is 33.4 Å². The molecule has 0 radical (unpaired) electrons. The Morgan fingerprint density at radius 2 is 1.85 bits per heavy atom. The van der Waals surface area contributed by atoms with E-state index in [0.717, 1.165) is 0 Å². The van der Waals surface area contributed by atoms with E-state index in [1.54, 1.807) is 49.5 Å². The number of benzene rings is 1. The predicted molar refractivity (Wildman–Crippen MR) is 98.7 cm³/mol. The van der Waals surface area contributed by atoms with E-state index in [1.165, 1.54) is 26.2 Å². The minimum Gasteiger partial charge on any atom is -0.497 e. The van der Waals surface area contributed by atoms with Crippen LogP contribution < -0.4 is 15.7 Å². The van der Waals surface area contributed by atoms with Crippen molar-refractivity contribution in [1.29, 1.82) is 0 Å². The van der Waals surface area contributed by atoms with E-state index in [2.05, 4.69) is 5.32 Å². The minimum atomic E-state index is -0.740. The van der Waals surface area contributed by atoms with E-state index in [0.29, 0.717) is 11.3 Å². The van der Waals surface area contributed by atoms with Crippen molar-refractivity contribution in [3.05, 3.63) is 63.8 Å². The summed E-state index contributed by atoms with van der Waals surface area (Å²) in [6, 6.07) is 7.72. The van der Waals surface area contributed by atoms with E-state index in [-0.39, 0.29) is 22.8 Å². The van der Waals surface area contributed by atoms with Crippen molar-refractivity contribution in [1.82, 2.24) is 4.90 Å². The number of nitrogens with one attached hydrogen (secondary N) is 1. The first-order chi connectivity index (χ1) is 12.3. The van der Waals surface area contributed by atoms with Crippen LogP contribution in [0, 0.1) is 0 Å².